The maximum Gasteiger partial charge on any atom is 0.345 e. The van der Waals surface area contributed by atoms with E-state index >= 15 is 0 Å². The predicted molar refractivity (Wildman–Crippen MR) is 77.1 cm³/mol. The highest BCUT2D eigenvalue weighted by Crippen LogP contribution is 2.22. The fraction of sp³-hybridized carbons (Fsp3) is 0.462. The Labute approximate surface area is 121 Å². The molecule has 0 saturated heterocycles. The average Bonchev–Trinajstić information content (AvgIpc) is 2.81. The van der Waals surface area contributed by atoms with Crippen LogP contribution in [0.1, 0.15) is 42.3 Å². The maximum atomic E-state index is 11.6. The van der Waals surface area contributed by atoms with E-state index in [9.17, 15) is 14.4 Å². The van der Waals surface area contributed by atoms with Gasteiger partial charge >= 0.3 is 5.97 Å². The van der Waals surface area contributed by atoms with E-state index in [-0.39, 0.29) is 16.7 Å². The molecule has 1 aromatic heterocycles. The number of unbranched alkanes of at least 4 members (excludes halogenated alkanes) is 2. The zero-order valence-electron chi connectivity index (χ0n) is 11.3. The van der Waals surface area contributed by atoms with Gasteiger partial charge in [-0.2, -0.15) is 0 Å². The molecule has 1 heterocycles. The molecule has 7 heteroatoms. The van der Waals surface area contributed by atoms with Crippen LogP contribution in [-0.2, 0) is 9.59 Å². The SMILES string of the molecule is CC(=O)NCCCCCC(=O)Nc1ccc(C(=O)O)s1. The first-order valence-corrected chi connectivity index (χ1v) is 7.18. The molecule has 0 atom stereocenters. The first kappa shape index (κ1) is 16.2. The van der Waals surface area contributed by atoms with Gasteiger partial charge in [0, 0.05) is 19.9 Å². The van der Waals surface area contributed by atoms with Gasteiger partial charge in [-0.05, 0) is 25.0 Å². The van der Waals surface area contributed by atoms with Gasteiger partial charge in [0.05, 0.1) is 5.00 Å². The quantitative estimate of drug-likeness (QED) is 0.640. The second kappa shape index (κ2) is 8.31. The van der Waals surface area contributed by atoms with Gasteiger partial charge in [0.1, 0.15) is 4.88 Å². The van der Waals surface area contributed by atoms with E-state index < -0.39 is 5.97 Å². The fourth-order valence-electron chi connectivity index (χ4n) is 1.57. The van der Waals surface area contributed by atoms with Gasteiger partial charge in [0.2, 0.25) is 11.8 Å². The first-order valence-electron chi connectivity index (χ1n) is 6.36. The van der Waals surface area contributed by atoms with Crippen LogP contribution in [0.2, 0.25) is 0 Å². The molecule has 0 unspecified atom stereocenters. The molecule has 1 aromatic rings. The van der Waals surface area contributed by atoms with E-state index in [1.54, 1.807) is 6.07 Å². The van der Waals surface area contributed by atoms with Gasteiger partial charge in [-0.1, -0.05) is 6.42 Å². The molecule has 0 aliphatic carbocycles. The molecule has 1 rings (SSSR count). The molecule has 3 N–H and O–H groups in total. The largest absolute Gasteiger partial charge is 0.477 e. The van der Waals surface area contributed by atoms with Crippen molar-refractivity contribution in [3.8, 4) is 0 Å². The lowest BCUT2D eigenvalue weighted by Gasteiger charge is -2.03. The van der Waals surface area contributed by atoms with E-state index in [1.165, 1.54) is 13.0 Å². The lowest BCUT2D eigenvalue weighted by molar-refractivity contribution is -0.119. The van der Waals surface area contributed by atoms with Gasteiger partial charge in [-0.15, -0.1) is 11.3 Å². The molecule has 2 amide bonds. The topological polar surface area (TPSA) is 95.5 Å². The summed E-state index contributed by atoms with van der Waals surface area (Å²) < 4.78 is 0. The van der Waals surface area contributed by atoms with Crippen LogP contribution >= 0.6 is 11.3 Å². The van der Waals surface area contributed by atoms with Crippen molar-refractivity contribution in [1.82, 2.24) is 5.32 Å². The van der Waals surface area contributed by atoms with Crippen molar-refractivity contribution in [1.29, 1.82) is 0 Å². The molecule has 0 bridgehead atoms. The maximum absolute atomic E-state index is 11.6. The van der Waals surface area contributed by atoms with Gasteiger partial charge in [0.25, 0.3) is 0 Å². The van der Waals surface area contributed by atoms with E-state index in [4.69, 9.17) is 5.11 Å². The Morgan fingerprint density at radius 3 is 2.55 bits per heavy atom. The molecule has 0 radical (unpaired) electrons. The third kappa shape index (κ3) is 6.33. The van der Waals surface area contributed by atoms with Crippen LogP contribution in [0.4, 0.5) is 5.00 Å². The third-order valence-corrected chi connectivity index (χ3v) is 3.52. The number of hydrogen-bond donors (Lipinski definition) is 3. The van der Waals surface area contributed by atoms with Crippen molar-refractivity contribution in [2.75, 3.05) is 11.9 Å². The van der Waals surface area contributed by atoms with Crippen LogP contribution in [0, 0.1) is 0 Å². The molecule has 0 aromatic carbocycles. The van der Waals surface area contributed by atoms with Crippen LogP contribution in [0.25, 0.3) is 0 Å². The molecular weight excluding hydrogens is 280 g/mol. The van der Waals surface area contributed by atoms with Crippen molar-refractivity contribution in [2.45, 2.75) is 32.6 Å². The number of thiophene rings is 1. The summed E-state index contributed by atoms with van der Waals surface area (Å²) in [5.41, 5.74) is 0. The number of carboxylic acids is 1. The van der Waals surface area contributed by atoms with Crippen LogP contribution in [0.3, 0.4) is 0 Å². The Hall–Kier alpha value is -1.89. The van der Waals surface area contributed by atoms with E-state index in [2.05, 4.69) is 10.6 Å². The smallest absolute Gasteiger partial charge is 0.345 e. The number of aromatic carboxylic acids is 1. The Morgan fingerprint density at radius 2 is 1.95 bits per heavy atom. The summed E-state index contributed by atoms with van der Waals surface area (Å²) in [5, 5.41) is 14.7. The highest BCUT2D eigenvalue weighted by molar-refractivity contribution is 7.18. The first-order chi connectivity index (χ1) is 9.49. The highest BCUT2D eigenvalue weighted by atomic mass is 32.1. The monoisotopic (exact) mass is 298 g/mol. The Morgan fingerprint density at radius 1 is 1.20 bits per heavy atom. The summed E-state index contributed by atoms with van der Waals surface area (Å²) in [4.78, 5) is 33.1. The number of nitrogens with one attached hydrogen (secondary N) is 2. The van der Waals surface area contributed by atoms with Crippen LogP contribution in [-0.4, -0.2) is 29.4 Å². The normalized spacial score (nSPS) is 10.1. The number of anilines is 1. The fourth-order valence-corrected chi connectivity index (χ4v) is 2.33. The predicted octanol–water partition coefficient (Wildman–Crippen LogP) is 2.08. The summed E-state index contributed by atoms with van der Waals surface area (Å²) in [7, 11) is 0. The van der Waals surface area contributed by atoms with Gasteiger partial charge in [-0.25, -0.2) is 4.79 Å². The molecule has 0 spiro atoms. The molecule has 6 nitrogen and oxygen atoms in total. The number of carbonyl (C=O) groups excluding carboxylic acids is 2. The summed E-state index contributed by atoms with van der Waals surface area (Å²) in [6, 6.07) is 3.05. The number of amides is 2. The van der Waals surface area contributed by atoms with E-state index in [0.717, 1.165) is 30.6 Å². The molecular formula is C13H18N2O4S. The van der Waals surface area contributed by atoms with E-state index in [0.29, 0.717) is 18.0 Å². The lowest BCUT2D eigenvalue weighted by Crippen LogP contribution is -2.20. The highest BCUT2D eigenvalue weighted by Gasteiger charge is 2.09. The van der Waals surface area contributed by atoms with Crippen molar-refractivity contribution < 1.29 is 19.5 Å². The van der Waals surface area contributed by atoms with Crippen molar-refractivity contribution in [3.63, 3.8) is 0 Å². The molecule has 0 fully saturated rings. The van der Waals surface area contributed by atoms with Gasteiger partial charge < -0.3 is 15.7 Å². The zero-order chi connectivity index (χ0) is 15.0. The summed E-state index contributed by atoms with van der Waals surface area (Å²) in [6.45, 7) is 2.10. The zero-order valence-corrected chi connectivity index (χ0v) is 12.1. The third-order valence-electron chi connectivity index (χ3n) is 2.53. The summed E-state index contributed by atoms with van der Waals surface area (Å²) >= 11 is 1.04. The van der Waals surface area contributed by atoms with Crippen molar-refractivity contribution in [3.05, 3.63) is 17.0 Å². The second-order valence-electron chi connectivity index (χ2n) is 4.31. The lowest BCUT2D eigenvalue weighted by atomic mass is 10.2. The minimum absolute atomic E-state index is 0.0466. The minimum atomic E-state index is -0.992. The minimum Gasteiger partial charge on any atom is -0.477 e. The average molecular weight is 298 g/mol. The molecule has 20 heavy (non-hydrogen) atoms. The van der Waals surface area contributed by atoms with Gasteiger partial charge in [-0.3, -0.25) is 9.59 Å². The standard InChI is InChI=1S/C13H18N2O4S/c1-9(16)14-8-4-2-3-5-11(17)15-12-7-6-10(20-12)13(18)19/h6-7H,2-5,8H2,1H3,(H,14,16)(H,15,17)(H,18,19). The summed E-state index contributed by atoms with van der Waals surface area (Å²) in [6.07, 6.45) is 2.83. The molecule has 0 saturated carbocycles. The summed E-state index contributed by atoms with van der Waals surface area (Å²) in [5.74, 6) is -1.16. The number of rotatable bonds is 8. The van der Waals surface area contributed by atoms with Crippen LogP contribution < -0.4 is 10.6 Å². The number of carbonyl (C=O) groups is 3. The van der Waals surface area contributed by atoms with Crippen LogP contribution in [0.5, 0.6) is 0 Å². The van der Waals surface area contributed by atoms with Crippen LogP contribution in [0.15, 0.2) is 12.1 Å². The van der Waals surface area contributed by atoms with Crippen molar-refractivity contribution >= 4 is 34.1 Å². The molecule has 0 aliphatic rings. The Balaban J connectivity index is 2.16. The van der Waals surface area contributed by atoms with Gasteiger partial charge in [0.15, 0.2) is 0 Å². The number of hydrogen-bond acceptors (Lipinski definition) is 4. The van der Waals surface area contributed by atoms with E-state index in [1.807, 2.05) is 0 Å². The Bertz CT molecular complexity index is 484. The Kier molecular flexibility index (Phi) is 6.72. The molecule has 110 valence electrons. The molecule has 0 aliphatic heterocycles. The number of carboxylic acid groups (broad SMARTS) is 1. The second-order valence-corrected chi connectivity index (χ2v) is 5.39. The van der Waals surface area contributed by atoms with Crippen molar-refractivity contribution in [2.24, 2.45) is 0 Å².